The summed E-state index contributed by atoms with van der Waals surface area (Å²) in [5, 5.41) is 19.0. The maximum absolute atomic E-state index is 13.5. The zero-order chi connectivity index (χ0) is 42.3. The van der Waals surface area contributed by atoms with Gasteiger partial charge in [0.15, 0.2) is 0 Å². The Labute approximate surface area is 342 Å². The fourth-order valence-corrected chi connectivity index (χ4v) is 7.64. The molecule has 0 radical (unpaired) electrons. The number of ether oxygens (including phenoxy) is 3. The fourth-order valence-electron chi connectivity index (χ4n) is 6.88. The van der Waals surface area contributed by atoms with Gasteiger partial charge in [0.05, 0.1) is 23.1 Å². The van der Waals surface area contributed by atoms with Crippen molar-refractivity contribution in [2.75, 3.05) is 26.9 Å². The molecular weight excluding hydrogens is 737 g/mol. The van der Waals surface area contributed by atoms with Gasteiger partial charge in [0, 0.05) is 52.4 Å². The Morgan fingerprint density at radius 2 is 1.65 bits per heavy atom. The van der Waals surface area contributed by atoms with Gasteiger partial charge in [0.25, 0.3) is 0 Å². The molecule has 1 heterocycles. The van der Waals surface area contributed by atoms with E-state index >= 15 is 0 Å². The van der Waals surface area contributed by atoms with Crippen molar-refractivity contribution in [3.8, 4) is 0 Å². The highest BCUT2D eigenvalue weighted by atomic mass is 28.3. The summed E-state index contributed by atoms with van der Waals surface area (Å²) in [4.78, 5) is 38.7. The topological polar surface area (TPSA) is 154 Å². The minimum Gasteiger partial charge on any atom is -0.445 e. The number of benzene rings is 2. The lowest BCUT2D eigenvalue weighted by molar-refractivity contribution is -0.130. The summed E-state index contributed by atoms with van der Waals surface area (Å²) in [6, 6.07) is 16.5. The lowest BCUT2D eigenvalue weighted by Gasteiger charge is -2.32. The van der Waals surface area contributed by atoms with Crippen LogP contribution in [-0.2, 0) is 50.0 Å². The molecule has 11 nitrogen and oxygen atoms in total. The third kappa shape index (κ3) is 15.9. The first-order valence-corrected chi connectivity index (χ1v) is 24.4. The number of hydrogen-bond donors (Lipinski definition) is 4. The van der Waals surface area contributed by atoms with Gasteiger partial charge in [0.2, 0.25) is 11.8 Å². The zero-order valence-corrected chi connectivity index (χ0v) is 37.4. The monoisotopic (exact) mass is 809 g/mol. The number of primary amides is 1. The Morgan fingerprint density at radius 3 is 2.26 bits per heavy atom. The van der Waals surface area contributed by atoms with E-state index in [2.05, 4.69) is 73.1 Å². The van der Waals surface area contributed by atoms with Crippen molar-refractivity contribution in [2.45, 2.75) is 125 Å². The van der Waals surface area contributed by atoms with Gasteiger partial charge in [-0.15, -0.1) is 0 Å². The highest BCUT2D eigenvalue weighted by molar-refractivity contribution is 6.76. The van der Waals surface area contributed by atoms with Crippen LogP contribution in [0.1, 0.15) is 77.5 Å². The second-order valence-corrected chi connectivity index (χ2v) is 23.9. The lowest BCUT2D eigenvalue weighted by atomic mass is 9.80. The van der Waals surface area contributed by atoms with Gasteiger partial charge in [-0.3, -0.25) is 9.59 Å². The van der Waals surface area contributed by atoms with E-state index in [0.717, 1.165) is 43.0 Å². The first kappa shape index (κ1) is 47.7. The summed E-state index contributed by atoms with van der Waals surface area (Å²) in [5.74, 6) is -1.19. The molecule has 0 aliphatic rings. The number of methoxy groups -OCH3 is 1. The summed E-state index contributed by atoms with van der Waals surface area (Å²) in [5.41, 5.74) is 9.03. The molecule has 57 heavy (non-hydrogen) atoms. The van der Waals surface area contributed by atoms with Crippen LogP contribution in [0.4, 0.5) is 4.79 Å². The highest BCUT2D eigenvalue weighted by Crippen LogP contribution is 2.30. The molecule has 0 fully saturated rings. The Hall–Kier alpha value is -3.71. The summed E-state index contributed by atoms with van der Waals surface area (Å²) in [6.45, 7) is 20.7. The molecule has 0 aliphatic carbocycles. The van der Waals surface area contributed by atoms with Gasteiger partial charge in [-0.05, 0) is 98.6 Å². The third-order valence-corrected chi connectivity index (χ3v) is 12.7. The molecule has 12 heteroatoms. The third-order valence-electron chi connectivity index (χ3n) is 11.0. The van der Waals surface area contributed by atoms with Gasteiger partial charge in [0.1, 0.15) is 13.3 Å². The smallest absolute Gasteiger partial charge is 0.407 e. The largest absolute Gasteiger partial charge is 0.445 e. The predicted octanol–water partition coefficient (Wildman–Crippen LogP) is 7.68. The SMILES string of the molecule is COCCCc1cn(COCC[Si](C)(C)C)c2ccc(CC(CC(NC(=O)OCc3ccccc3)C(O)CC(C(=O)NCC(C)(C)C(N)=O)C(C)C)C(C)C)cc12. The lowest BCUT2D eigenvalue weighted by Crippen LogP contribution is -2.49. The van der Waals surface area contributed by atoms with Crippen LogP contribution in [0, 0.1) is 29.1 Å². The number of fused-ring (bicyclic) bond motifs is 1. The maximum atomic E-state index is 13.5. The fraction of sp³-hybridized carbons (Fsp3) is 0.622. The molecule has 318 valence electrons. The van der Waals surface area contributed by atoms with Crippen molar-refractivity contribution in [3.05, 3.63) is 71.4 Å². The molecule has 0 spiro atoms. The van der Waals surface area contributed by atoms with Crippen LogP contribution in [0.5, 0.6) is 0 Å². The number of nitrogens with two attached hydrogens (primary N) is 1. The molecule has 4 unspecified atom stereocenters. The number of carbonyl (C=O) groups excluding carboxylic acids is 3. The number of alkyl carbamates (subject to hydrolysis) is 1. The molecule has 4 atom stereocenters. The second kappa shape index (κ2) is 22.4. The average Bonchev–Trinajstić information content (AvgIpc) is 3.49. The Morgan fingerprint density at radius 1 is 0.947 bits per heavy atom. The van der Waals surface area contributed by atoms with E-state index < -0.39 is 43.6 Å². The number of amides is 3. The van der Waals surface area contributed by atoms with E-state index in [9.17, 15) is 19.5 Å². The number of aromatic nitrogens is 1. The molecule has 3 rings (SSSR count). The molecule has 0 saturated heterocycles. The van der Waals surface area contributed by atoms with E-state index in [4.69, 9.17) is 19.9 Å². The van der Waals surface area contributed by atoms with E-state index in [0.29, 0.717) is 19.8 Å². The van der Waals surface area contributed by atoms with E-state index in [1.165, 1.54) is 16.5 Å². The minimum atomic E-state index is -1.20. The van der Waals surface area contributed by atoms with Crippen molar-refractivity contribution < 1.29 is 33.7 Å². The standard InChI is InChI=1S/C45H72N4O7Si/c1-31(2)36(23-34-18-19-40-38(24-34)35(17-14-20-54-7)27-49(40)30-55-21-22-57(8,9)10)25-39(48-44(53)56-28-33-15-12-11-13-16-33)41(50)26-37(32(3)4)42(51)47-29-45(5,6)43(46)52/h11-13,15-16,18-19,24,27,31-32,36-37,39,41,50H,14,17,20-23,25-26,28-30H2,1-10H3,(H2,46,52)(H,47,51)(H,48,53). The highest BCUT2D eigenvalue weighted by Gasteiger charge is 2.34. The predicted molar refractivity (Wildman–Crippen MR) is 231 cm³/mol. The van der Waals surface area contributed by atoms with E-state index in [1.807, 2.05) is 44.2 Å². The Bertz CT molecular complexity index is 1700. The molecule has 1 aromatic heterocycles. The van der Waals surface area contributed by atoms with Crippen LogP contribution < -0.4 is 16.4 Å². The van der Waals surface area contributed by atoms with Gasteiger partial charge in [-0.25, -0.2) is 4.79 Å². The van der Waals surface area contributed by atoms with Crippen LogP contribution in [0.2, 0.25) is 25.7 Å². The van der Waals surface area contributed by atoms with Crippen LogP contribution in [0.25, 0.3) is 10.9 Å². The molecule has 3 amide bonds. The Kier molecular flexibility index (Phi) is 18.8. The van der Waals surface area contributed by atoms with Crippen LogP contribution in [-0.4, -0.2) is 74.7 Å². The van der Waals surface area contributed by atoms with Gasteiger partial charge in [-0.2, -0.15) is 0 Å². The van der Waals surface area contributed by atoms with Crippen molar-refractivity contribution in [1.29, 1.82) is 0 Å². The van der Waals surface area contributed by atoms with Crippen LogP contribution in [0.15, 0.2) is 54.7 Å². The van der Waals surface area contributed by atoms with Crippen molar-refractivity contribution >= 4 is 36.9 Å². The summed E-state index contributed by atoms with van der Waals surface area (Å²) in [7, 11) is 0.526. The second-order valence-electron chi connectivity index (χ2n) is 18.3. The first-order chi connectivity index (χ1) is 26.8. The molecular formula is C45H72N4O7Si. The molecule has 0 saturated carbocycles. The van der Waals surface area contributed by atoms with E-state index in [1.54, 1.807) is 21.0 Å². The van der Waals surface area contributed by atoms with Crippen LogP contribution in [0.3, 0.4) is 0 Å². The normalized spacial score (nSPS) is 14.4. The van der Waals surface area contributed by atoms with Gasteiger partial charge >= 0.3 is 6.09 Å². The number of hydrogen-bond acceptors (Lipinski definition) is 7. The van der Waals surface area contributed by atoms with Crippen molar-refractivity contribution in [1.82, 2.24) is 15.2 Å². The van der Waals surface area contributed by atoms with Crippen molar-refractivity contribution in [3.63, 3.8) is 0 Å². The number of nitrogens with zero attached hydrogens (tertiary/aromatic N) is 1. The molecule has 3 aromatic rings. The number of aliphatic hydroxyl groups excluding tert-OH is 1. The number of carbonyl (C=O) groups is 3. The van der Waals surface area contributed by atoms with Crippen LogP contribution >= 0.6 is 0 Å². The molecule has 0 aliphatic heterocycles. The van der Waals surface area contributed by atoms with E-state index in [-0.39, 0.29) is 43.2 Å². The van der Waals surface area contributed by atoms with Gasteiger partial charge < -0.3 is 40.3 Å². The Balaban J connectivity index is 1.88. The summed E-state index contributed by atoms with van der Waals surface area (Å²) < 4.78 is 19.4. The number of rotatable bonds is 25. The zero-order valence-electron chi connectivity index (χ0n) is 36.4. The van der Waals surface area contributed by atoms with Gasteiger partial charge in [-0.1, -0.05) is 83.7 Å². The quantitative estimate of drug-likeness (QED) is 0.0506. The average molecular weight is 809 g/mol. The summed E-state index contributed by atoms with van der Waals surface area (Å²) in [6.07, 6.45) is 3.63. The van der Waals surface area contributed by atoms with Crippen molar-refractivity contribution in [2.24, 2.45) is 34.8 Å². The maximum Gasteiger partial charge on any atom is 0.407 e. The number of aryl methyl sites for hydroxylation is 1. The molecule has 2 aromatic carbocycles. The molecule has 5 N–H and O–H groups in total. The molecule has 0 bridgehead atoms. The number of aliphatic hydroxyl groups is 1. The summed E-state index contributed by atoms with van der Waals surface area (Å²) >= 11 is 0. The minimum absolute atomic E-state index is 0.0724. The first-order valence-electron chi connectivity index (χ1n) is 20.7. The number of nitrogens with one attached hydrogen (secondary N) is 2.